The Kier molecular flexibility index (Phi) is 4.65. The molecule has 1 aliphatic heterocycles. The second kappa shape index (κ2) is 6.10. The normalized spacial score (nSPS) is 23.9. The van der Waals surface area contributed by atoms with E-state index in [9.17, 15) is 14.7 Å². The van der Waals surface area contributed by atoms with Crippen LogP contribution in [0.15, 0.2) is 0 Å². The molecule has 20 heavy (non-hydrogen) atoms. The Morgan fingerprint density at radius 3 is 2.25 bits per heavy atom. The van der Waals surface area contributed by atoms with Crippen molar-refractivity contribution in [1.82, 2.24) is 15.1 Å². The minimum Gasteiger partial charge on any atom is -0.392 e. The third kappa shape index (κ3) is 2.81. The third-order valence-electron chi connectivity index (χ3n) is 4.46. The van der Waals surface area contributed by atoms with Gasteiger partial charge in [-0.1, -0.05) is 6.42 Å². The Bertz CT molecular complexity index is 372. The van der Waals surface area contributed by atoms with Crippen LogP contribution in [0, 0.1) is 5.41 Å². The van der Waals surface area contributed by atoms with E-state index in [1.54, 1.807) is 14.0 Å². The summed E-state index contributed by atoms with van der Waals surface area (Å²) in [6.07, 6.45) is 1.93. The second-order valence-corrected chi connectivity index (χ2v) is 5.96. The maximum atomic E-state index is 12.6. The Labute approximate surface area is 120 Å². The van der Waals surface area contributed by atoms with Crippen LogP contribution in [0.4, 0.5) is 0 Å². The van der Waals surface area contributed by atoms with Crippen molar-refractivity contribution in [2.45, 2.75) is 32.3 Å². The molecule has 6 nitrogen and oxygen atoms in total. The molecule has 0 spiro atoms. The molecule has 0 aromatic rings. The van der Waals surface area contributed by atoms with Gasteiger partial charge in [-0.25, -0.2) is 0 Å². The summed E-state index contributed by atoms with van der Waals surface area (Å²) < 4.78 is 0. The van der Waals surface area contributed by atoms with Crippen LogP contribution in [-0.4, -0.2) is 72.6 Å². The molecule has 2 rings (SSSR count). The van der Waals surface area contributed by atoms with Crippen LogP contribution in [0.25, 0.3) is 0 Å². The van der Waals surface area contributed by atoms with Crippen LogP contribution in [0.1, 0.15) is 26.2 Å². The fourth-order valence-corrected chi connectivity index (χ4v) is 3.12. The van der Waals surface area contributed by atoms with Gasteiger partial charge in [-0.2, -0.15) is 0 Å². The molecule has 0 aromatic carbocycles. The number of nitrogens with zero attached hydrogens (tertiary/aromatic N) is 2. The lowest BCUT2D eigenvalue weighted by Crippen LogP contribution is -2.59. The maximum absolute atomic E-state index is 12.6. The first-order valence-electron chi connectivity index (χ1n) is 7.41. The predicted molar refractivity (Wildman–Crippen MR) is 75.1 cm³/mol. The molecule has 1 saturated carbocycles. The number of rotatable bonds is 4. The molecule has 0 aromatic heterocycles. The van der Waals surface area contributed by atoms with Crippen LogP contribution < -0.4 is 5.32 Å². The first-order chi connectivity index (χ1) is 9.49. The number of amides is 2. The highest BCUT2D eigenvalue weighted by Gasteiger charge is 2.52. The number of piperazine rings is 1. The number of β-amino-alcohol motifs (C(OH)–C–C–N with tert-alkyl or cyclic N) is 1. The third-order valence-corrected chi connectivity index (χ3v) is 4.46. The van der Waals surface area contributed by atoms with Gasteiger partial charge in [0.15, 0.2) is 0 Å². The van der Waals surface area contributed by atoms with Crippen LogP contribution in [0.2, 0.25) is 0 Å². The van der Waals surface area contributed by atoms with Crippen molar-refractivity contribution in [2.24, 2.45) is 5.41 Å². The summed E-state index contributed by atoms with van der Waals surface area (Å²) in [5.74, 6) is -0.153. The van der Waals surface area contributed by atoms with Crippen LogP contribution in [0.5, 0.6) is 0 Å². The number of nitrogens with one attached hydrogen (secondary N) is 1. The largest absolute Gasteiger partial charge is 0.392 e. The van der Waals surface area contributed by atoms with E-state index in [0.29, 0.717) is 32.5 Å². The molecule has 2 N–H and O–H groups in total. The zero-order chi connectivity index (χ0) is 14.8. The highest BCUT2D eigenvalue weighted by Crippen LogP contribution is 2.42. The Balaban J connectivity index is 1.93. The van der Waals surface area contributed by atoms with Gasteiger partial charge in [0.25, 0.3) is 0 Å². The molecule has 0 unspecified atom stereocenters. The zero-order valence-corrected chi connectivity index (χ0v) is 12.4. The lowest BCUT2D eigenvalue weighted by molar-refractivity contribution is -0.158. The van der Waals surface area contributed by atoms with Crippen molar-refractivity contribution in [2.75, 3.05) is 39.8 Å². The van der Waals surface area contributed by atoms with E-state index >= 15 is 0 Å². The maximum Gasteiger partial charge on any atom is 0.238 e. The van der Waals surface area contributed by atoms with E-state index in [1.807, 2.05) is 4.90 Å². The van der Waals surface area contributed by atoms with Crippen molar-refractivity contribution in [3.05, 3.63) is 0 Å². The van der Waals surface area contributed by atoms with E-state index in [1.165, 1.54) is 0 Å². The molecule has 114 valence electrons. The minimum atomic E-state index is -0.804. The molecule has 0 bridgehead atoms. The van der Waals surface area contributed by atoms with Gasteiger partial charge in [0.1, 0.15) is 5.41 Å². The second-order valence-electron chi connectivity index (χ2n) is 5.96. The van der Waals surface area contributed by atoms with Gasteiger partial charge in [0, 0.05) is 39.8 Å². The smallest absolute Gasteiger partial charge is 0.238 e. The minimum absolute atomic E-state index is 0.0141. The lowest BCUT2D eigenvalue weighted by atomic mass is 9.67. The van der Waals surface area contributed by atoms with Gasteiger partial charge in [-0.15, -0.1) is 0 Å². The van der Waals surface area contributed by atoms with Crippen LogP contribution in [0.3, 0.4) is 0 Å². The van der Waals surface area contributed by atoms with E-state index in [-0.39, 0.29) is 17.9 Å². The number of hydrogen-bond donors (Lipinski definition) is 2. The highest BCUT2D eigenvalue weighted by molar-refractivity contribution is 6.05. The fourth-order valence-electron chi connectivity index (χ4n) is 3.12. The lowest BCUT2D eigenvalue weighted by Gasteiger charge is -2.44. The Morgan fingerprint density at radius 2 is 1.85 bits per heavy atom. The quantitative estimate of drug-likeness (QED) is 0.678. The Hall–Kier alpha value is -1.14. The molecule has 1 aliphatic carbocycles. The molecule has 6 heteroatoms. The van der Waals surface area contributed by atoms with Crippen molar-refractivity contribution < 1.29 is 14.7 Å². The zero-order valence-electron chi connectivity index (χ0n) is 12.4. The molecule has 2 amide bonds. The molecule has 1 saturated heterocycles. The van der Waals surface area contributed by atoms with E-state index < -0.39 is 5.41 Å². The molecule has 1 heterocycles. The summed E-state index contributed by atoms with van der Waals surface area (Å²) in [7, 11) is 1.59. The summed E-state index contributed by atoms with van der Waals surface area (Å²) in [4.78, 5) is 28.6. The molecular weight excluding hydrogens is 258 g/mol. The number of aliphatic hydroxyl groups excluding tert-OH is 1. The summed E-state index contributed by atoms with van der Waals surface area (Å²) in [6, 6.07) is 0. The van der Waals surface area contributed by atoms with Crippen molar-refractivity contribution in [1.29, 1.82) is 0 Å². The number of hydrogen-bond acceptors (Lipinski definition) is 4. The van der Waals surface area contributed by atoms with Gasteiger partial charge in [0.2, 0.25) is 11.8 Å². The monoisotopic (exact) mass is 283 g/mol. The van der Waals surface area contributed by atoms with Crippen LogP contribution in [-0.2, 0) is 9.59 Å². The molecule has 2 fully saturated rings. The standard InChI is InChI=1S/C14H25N3O3/c1-11(18)10-16-6-8-17(9-7-16)13(20)14(4-3-5-14)12(19)15-2/h11,18H,3-10H2,1-2H3,(H,15,19)/t11-/m1/s1. The van der Waals surface area contributed by atoms with Gasteiger partial charge in [0.05, 0.1) is 6.10 Å². The number of aliphatic hydroxyl groups is 1. The summed E-state index contributed by atoms with van der Waals surface area (Å²) >= 11 is 0. The predicted octanol–water partition coefficient (Wildman–Crippen LogP) is -0.572. The van der Waals surface area contributed by atoms with E-state index in [4.69, 9.17) is 0 Å². The SMILES string of the molecule is CNC(=O)C1(C(=O)N2CCN(C[C@@H](C)O)CC2)CCC1. The first kappa shape index (κ1) is 15.3. The van der Waals surface area contributed by atoms with E-state index in [0.717, 1.165) is 19.5 Å². The topological polar surface area (TPSA) is 72.9 Å². The highest BCUT2D eigenvalue weighted by atomic mass is 16.3. The fraction of sp³-hybridized carbons (Fsp3) is 0.857. The molecule has 0 radical (unpaired) electrons. The summed E-state index contributed by atoms with van der Waals surface area (Å²) in [5, 5.41) is 12.0. The molecule has 1 atom stereocenters. The first-order valence-corrected chi connectivity index (χ1v) is 7.41. The summed E-state index contributed by atoms with van der Waals surface area (Å²) in [5.41, 5.74) is -0.804. The molecular formula is C14H25N3O3. The van der Waals surface area contributed by atoms with Gasteiger partial charge < -0.3 is 15.3 Å². The average Bonchev–Trinajstić information content (AvgIpc) is 2.37. The van der Waals surface area contributed by atoms with E-state index in [2.05, 4.69) is 10.2 Å². The number of carbonyl (C=O) groups excluding carboxylic acids is 2. The molecule has 2 aliphatic rings. The van der Waals surface area contributed by atoms with Gasteiger partial charge in [-0.3, -0.25) is 14.5 Å². The van der Waals surface area contributed by atoms with Gasteiger partial charge >= 0.3 is 0 Å². The summed E-state index contributed by atoms with van der Waals surface area (Å²) in [6.45, 7) is 5.23. The van der Waals surface area contributed by atoms with Crippen molar-refractivity contribution in [3.63, 3.8) is 0 Å². The van der Waals surface area contributed by atoms with Crippen LogP contribution >= 0.6 is 0 Å². The Morgan fingerprint density at radius 1 is 1.25 bits per heavy atom. The van der Waals surface area contributed by atoms with Crippen molar-refractivity contribution in [3.8, 4) is 0 Å². The van der Waals surface area contributed by atoms with Crippen molar-refractivity contribution >= 4 is 11.8 Å². The number of carbonyl (C=O) groups is 2. The average molecular weight is 283 g/mol. The van der Waals surface area contributed by atoms with Gasteiger partial charge in [-0.05, 0) is 19.8 Å².